The Bertz CT molecular complexity index is 1450. The van der Waals surface area contributed by atoms with Gasteiger partial charge >= 0.3 is 0 Å². The van der Waals surface area contributed by atoms with Crippen LogP contribution in [0.25, 0.3) is 11.0 Å². The zero-order chi connectivity index (χ0) is 25.1. The standard InChI is InChI=1S/C30H28FNO4/c1-2-3-7-17-35-23-12-8-11-21(18-23)27-26-28(33)24-19-22(31)13-14-25(24)36-29(26)30(34)32(27)16-15-20-9-5-4-6-10-20/h4-6,8-14,18-19,27H,2-3,7,15-17H2,1H3. The Morgan fingerprint density at radius 1 is 0.972 bits per heavy atom. The fourth-order valence-electron chi connectivity index (χ4n) is 4.78. The molecule has 5 nitrogen and oxygen atoms in total. The molecule has 0 saturated heterocycles. The Morgan fingerprint density at radius 2 is 1.81 bits per heavy atom. The maximum Gasteiger partial charge on any atom is 0.290 e. The summed E-state index contributed by atoms with van der Waals surface area (Å²) in [6, 6.07) is 20.5. The van der Waals surface area contributed by atoms with Crippen molar-refractivity contribution < 1.29 is 18.3 Å². The fraction of sp³-hybridized carbons (Fsp3) is 0.267. The maximum atomic E-state index is 14.0. The molecule has 3 aromatic carbocycles. The molecule has 0 saturated carbocycles. The van der Waals surface area contributed by atoms with Gasteiger partial charge in [0.05, 0.1) is 23.6 Å². The Morgan fingerprint density at radius 3 is 2.61 bits per heavy atom. The van der Waals surface area contributed by atoms with E-state index in [-0.39, 0.29) is 33.6 Å². The van der Waals surface area contributed by atoms with Crippen LogP contribution in [-0.2, 0) is 6.42 Å². The third-order valence-corrected chi connectivity index (χ3v) is 6.60. The molecule has 0 bridgehead atoms. The molecule has 0 N–H and O–H groups in total. The second-order valence-electron chi connectivity index (χ2n) is 9.08. The highest BCUT2D eigenvalue weighted by atomic mass is 19.1. The number of ether oxygens (including phenoxy) is 1. The smallest absolute Gasteiger partial charge is 0.290 e. The van der Waals surface area contributed by atoms with E-state index in [1.165, 1.54) is 18.2 Å². The van der Waals surface area contributed by atoms with Gasteiger partial charge in [0, 0.05) is 6.54 Å². The lowest BCUT2D eigenvalue weighted by molar-refractivity contribution is 0.0730. The average Bonchev–Trinajstić information content (AvgIpc) is 3.18. The molecule has 1 aliphatic rings. The number of amides is 1. The van der Waals surface area contributed by atoms with Crippen LogP contribution in [0.4, 0.5) is 4.39 Å². The van der Waals surface area contributed by atoms with Gasteiger partial charge in [-0.25, -0.2) is 4.39 Å². The summed E-state index contributed by atoms with van der Waals surface area (Å²) in [5.74, 6) is -0.169. The van der Waals surface area contributed by atoms with E-state index in [2.05, 4.69) is 6.92 Å². The number of halogens is 1. The average molecular weight is 486 g/mol. The van der Waals surface area contributed by atoms with Crippen molar-refractivity contribution in [2.24, 2.45) is 0 Å². The summed E-state index contributed by atoms with van der Waals surface area (Å²) >= 11 is 0. The van der Waals surface area contributed by atoms with Crippen molar-refractivity contribution >= 4 is 16.9 Å². The second-order valence-corrected chi connectivity index (χ2v) is 9.08. The van der Waals surface area contributed by atoms with Crippen LogP contribution in [-0.4, -0.2) is 24.0 Å². The van der Waals surface area contributed by atoms with E-state index >= 15 is 0 Å². The molecule has 0 radical (unpaired) electrons. The summed E-state index contributed by atoms with van der Waals surface area (Å²) < 4.78 is 25.9. The minimum absolute atomic E-state index is 0.0198. The highest BCUT2D eigenvalue weighted by Crippen LogP contribution is 2.39. The van der Waals surface area contributed by atoms with Crippen LogP contribution in [0, 0.1) is 5.82 Å². The lowest BCUT2D eigenvalue weighted by Crippen LogP contribution is -2.31. The Kier molecular flexibility index (Phi) is 6.85. The number of benzene rings is 3. The SMILES string of the molecule is CCCCCOc1cccc(C2c3c(oc4ccc(F)cc4c3=O)C(=O)N2CCc2ccccc2)c1. The zero-order valence-electron chi connectivity index (χ0n) is 20.2. The van der Waals surface area contributed by atoms with Gasteiger partial charge in [0.1, 0.15) is 17.1 Å². The molecule has 2 heterocycles. The first-order chi connectivity index (χ1) is 17.6. The van der Waals surface area contributed by atoms with E-state index in [1.54, 1.807) is 4.90 Å². The number of hydrogen-bond donors (Lipinski definition) is 0. The summed E-state index contributed by atoms with van der Waals surface area (Å²) in [5.41, 5.74) is 1.89. The molecule has 0 aliphatic carbocycles. The Hall–Kier alpha value is -3.93. The molecule has 4 aromatic rings. The van der Waals surface area contributed by atoms with Crippen molar-refractivity contribution in [2.75, 3.05) is 13.2 Å². The molecule has 5 rings (SSSR count). The van der Waals surface area contributed by atoms with Crippen LogP contribution in [0.5, 0.6) is 5.75 Å². The summed E-state index contributed by atoms with van der Waals surface area (Å²) in [6.45, 7) is 3.13. The number of carbonyl (C=O) groups excluding carboxylic acids is 1. The van der Waals surface area contributed by atoms with E-state index in [9.17, 15) is 14.0 Å². The van der Waals surface area contributed by atoms with Crippen LogP contribution in [0.1, 0.15) is 59.5 Å². The van der Waals surface area contributed by atoms with Gasteiger partial charge in [0.15, 0.2) is 5.43 Å². The van der Waals surface area contributed by atoms with E-state index in [0.717, 1.165) is 30.4 Å². The topological polar surface area (TPSA) is 59.8 Å². The number of unbranched alkanes of at least 4 members (excludes halogenated alkanes) is 2. The van der Waals surface area contributed by atoms with E-state index in [0.29, 0.717) is 25.3 Å². The molecule has 1 aromatic heterocycles. The Labute approximate surface area is 209 Å². The van der Waals surface area contributed by atoms with Gasteiger partial charge in [0.2, 0.25) is 5.76 Å². The molecule has 0 spiro atoms. The van der Waals surface area contributed by atoms with Crippen LogP contribution >= 0.6 is 0 Å². The maximum absolute atomic E-state index is 14.0. The first kappa shape index (κ1) is 23.8. The van der Waals surface area contributed by atoms with Crippen LogP contribution in [0.3, 0.4) is 0 Å². The number of fused-ring (bicyclic) bond motifs is 2. The van der Waals surface area contributed by atoms with Crippen molar-refractivity contribution in [3.63, 3.8) is 0 Å². The van der Waals surface area contributed by atoms with Crippen molar-refractivity contribution in [3.05, 3.63) is 111 Å². The van der Waals surface area contributed by atoms with Gasteiger partial charge in [-0.05, 0) is 54.3 Å². The summed E-state index contributed by atoms with van der Waals surface area (Å²) in [6.07, 6.45) is 3.76. The van der Waals surface area contributed by atoms with Gasteiger partial charge < -0.3 is 14.1 Å². The summed E-state index contributed by atoms with van der Waals surface area (Å²) in [4.78, 5) is 28.9. The third kappa shape index (κ3) is 4.63. The van der Waals surface area contributed by atoms with Gasteiger partial charge in [-0.15, -0.1) is 0 Å². The van der Waals surface area contributed by atoms with E-state index in [4.69, 9.17) is 9.15 Å². The number of nitrogens with zero attached hydrogens (tertiary/aromatic N) is 1. The van der Waals surface area contributed by atoms with E-state index < -0.39 is 11.9 Å². The first-order valence-corrected chi connectivity index (χ1v) is 12.4. The number of carbonyl (C=O) groups is 1. The van der Waals surface area contributed by atoms with Gasteiger partial charge in [0.25, 0.3) is 5.91 Å². The molecule has 0 fully saturated rings. The fourth-order valence-corrected chi connectivity index (χ4v) is 4.78. The van der Waals surface area contributed by atoms with Crippen molar-refractivity contribution in [1.82, 2.24) is 4.90 Å². The molecular weight excluding hydrogens is 457 g/mol. The predicted molar refractivity (Wildman–Crippen MR) is 137 cm³/mol. The lowest BCUT2D eigenvalue weighted by Gasteiger charge is -2.25. The molecule has 6 heteroatoms. The third-order valence-electron chi connectivity index (χ3n) is 6.60. The molecule has 1 atom stereocenters. The molecule has 1 aliphatic heterocycles. The van der Waals surface area contributed by atoms with Gasteiger partial charge in [-0.2, -0.15) is 0 Å². The molecule has 184 valence electrons. The zero-order valence-corrected chi connectivity index (χ0v) is 20.2. The van der Waals surface area contributed by atoms with Crippen LogP contribution in [0.15, 0.2) is 82.0 Å². The first-order valence-electron chi connectivity index (χ1n) is 12.4. The lowest BCUT2D eigenvalue weighted by atomic mass is 9.98. The summed E-state index contributed by atoms with van der Waals surface area (Å²) in [7, 11) is 0. The quantitative estimate of drug-likeness (QED) is 0.262. The molecule has 1 amide bonds. The number of hydrogen-bond acceptors (Lipinski definition) is 4. The molecule has 1 unspecified atom stereocenters. The van der Waals surface area contributed by atoms with Gasteiger partial charge in [-0.1, -0.05) is 62.2 Å². The molecule has 36 heavy (non-hydrogen) atoms. The second kappa shape index (κ2) is 10.4. The van der Waals surface area contributed by atoms with Crippen molar-refractivity contribution in [2.45, 2.75) is 38.6 Å². The van der Waals surface area contributed by atoms with Gasteiger partial charge in [-0.3, -0.25) is 9.59 Å². The highest BCUT2D eigenvalue weighted by Gasteiger charge is 2.42. The van der Waals surface area contributed by atoms with E-state index in [1.807, 2.05) is 54.6 Å². The minimum Gasteiger partial charge on any atom is -0.494 e. The highest BCUT2D eigenvalue weighted by molar-refractivity contribution is 5.99. The summed E-state index contributed by atoms with van der Waals surface area (Å²) in [5, 5.41) is 0.128. The Balaban J connectivity index is 1.57. The molecular formula is C30H28FNO4. The van der Waals surface area contributed by atoms with Crippen LogP contribution in [0.2, 0.25) is 0 Å². The largest absolute Gasteiger partial charge is 0.494 e. The predicted octanol–water partition coefficient (Wildman–Crippen LogP) is 6.29. The monoisotopic (exact) mass is 485 g/mol. The van der Waals surface area contributed by atoms with Crippen molar-refractivity contribution in [3.8, 4) is 5.75 Å². The van der Waals surface area contributed by atoms with Crippen molar-refractivity contribution in [1.29, 1.82) is 0 Å². The minimum atomic E-state index is -0.653. The van der Waals surface area contributed by atoms with Crippen LogP contribution < -0.4 is 10.2 Å². The normalized spacial score (nSPS) is 14.9. The number of rotatable bonds is 9.